The molecule has 2 nitrogen and oxygen atoms in total. The molecule has 108 valence electrons. The maximum atomic E-state index is 3.53. The lowest BCUT2D eigenvalue weighted by atomic mass is 9.85. The average molecular weight is 254 g/mol. The summed E-state index contributed by atoms with van der Waals surface area (Å²) in [5, 5.41) is 3.53. The van der Waals surface area contributed by atoms with Crippen molar-refractivity contribution in [3.05, 3.63) is 0 Å². The van der Waals surface area contributed by atoms with Crippen molar-refractivity contribution >= 4 is 0 Å². The summed E-state index contributed by atoms with van der Waals surface area (Å²) in [5.41, 5.74) is 0.452. The minimum atomic E-state index is 0.452. The summed E-state index contributed by atoms with van der Waals surface area (Å²) in [6.45, 7) is 15.5. The van der Waals surface area contributed by atoms with Crippen molar-refractivity contribution in [3.8, 4) is 0 Å². The molecule has 1 heterocycles. The number of piperidine rings is 1. The monoisotopic (exact) mass is 254 g/mol. The zero-order chi connectivity index (χ0) is 13.4. The van der Waals surface area contributed by atoms with Gasteiger partial charge in [-0.3, -0.25) is 0 Å². The lowest BCUT2D eigenvalue weighted by molar-refractivity contribution is 0.112. The van der Waals surface area contributed by atoms with E-state index in [0.717, 1.165) is 19.0 Å². The molecule has 0 aromatic carbocycles. The lowest BCUT2D eigenvalue weighted by Gasteiger charge is -2.39. The third-order valence-electron chi connectivity index (χ3n) is 4.66. The highest BCUT2D eigenvalue weighted by Crippen LogP contribution is 2.27. The van der Waals surface area contributed by atoms with E-state index in [1.807, 2.05) is 0 Å². The molecule has 1 fully saturated rings. The van der Waals surface area contributed by atoms with Crippen molar-refractivity contribution in [2.45, 2.75) is 59.8 Å². The van der Waals surface area contributed by atoms with Gasteiger partial charge in [-0.2, -0.15) is 0 Å². The maximum Gasteiger partial charge on any atom is 0.00474 e. The summed E-state index contributed by atoms with van der Waals surface area (Å²) >= 11 is 0. The van der Waals surface area contributed by atoms with Crippen molar-refractivity contribution in [1.82, 2.24) is 10.2 Å². The lowest BCUT2D eigenvalue weighted by Crippen LogP contribution is -2.45. The summed E-state index contributed by atoms with van der Waals surface area (Å²) < 4.78 is 0. The Morgan fingerprint density at radius 2 is 1.83 bits per heavy atom. The third kappa shape index (κ3) is 5.27. The van der Waals surface area contributed by atoms with Crippen molar-refractivity contribution in [3.63, 3.8) is 0 Å². The third-order valence-corrected chi connectivity index (χ3v) is 4.66. The Morgan fingerprint density at radius 1 is 1.17 bits per heavy atom. The van der Waals surface area contributed by atoms with Crippen LogP contribution in [0.4, 0.5) is 0 Å². The molecular weight excluding hydrogens is 220 g/mol. The van der Waals surface area contributed by atoms with Crippen LogP contribution in [0.1, 0.15) is 59.8 Å². The second-order valence-corrected chi connectivity index (χ2v) is 6.45. The number of hydrogen-bond donors (Lipinski definition) is 1. The second-order valence-electron chi connectivity index (χ2n) is 6.45. The standard InChI is InChI=1S/C16H34N2/c1-5-8-15-9-11-18(12-10-15)14-16(4,6-2)13-17-7-3/h15,17H,5-14H2,1-4H3. The molecule has 0 aliphatic carbocycles. The molecule has 0 spiro atoms. The van der Waals surface area contributed by atoms with Crippen LogP contribution in [0.25, 0.3) is 0 Å². The molecule has 1 N–H and O–H groups in total. The van der Waals surface area contributed by atoms with Crippen molar-refractivity contribution in [2.75, 3.05) is 32.7 Å². The van der Waals surface area contributed by atoms with Gasteiger partial charge < -0.3 is 10.2 Å². The van der Waals surface area contributed by atoms with Gasteiger partial charge in [0.15, 0.2) is 0 Å². The van der Waals surface area contributed by atoms with Gasteiger partial charge >= 0.3 is 0 Å². The highest BCUT2D eigenvalue weighted by molar-refractivity contribution is 4.82. The Hall–Kier alpha value is -0.0800. The van der Waals surface area contributed by atoms with Crippen LogP contribution >= 0.6 is 0 Å². The molecule has 1 atom stereocenters. The number of likely N-dealkylation sites (tertiary alicyclic amines) is 1. The van der Waals surface area contributed by atoms with Crippen LogP contribution in [-0.4, -0.2) is 37.6 Å². The Morgan fingerprint density at radius 3 is 2.33 bits per heavy atom. The second kappa shape index (κ2) is 8.16. The molecule has 0 aromatic heterocycles. The Balaban J connectivity index is 2.33. The largest absolute Gasteiger partial charge is 0.316 e. The molecular formula is C16H34N2. The Labute approximate surface area is 115 Å². The first-order valence-electron chi connectivity index (χ1n) is 8.06. The van der Waals surface area contributed by atoms with E-state index in [0.29, 0.717) is 5.41 Å². The van der Waals surface area contributed by atoms with Gasteiger partial charge in [0.25, 0.3) is 0 Å². The van der Waals surface area contributed by atoms with Gasteiger partial charge in [0.2, 0.25) is 0 Å². The Bertz CT molecular complexity index is 209. The van der Waals surface area contributed by atoms with Gasteiger partial charge in [-0.05, 0) is 50.2 Å². The van der Waals surface area contributed by atoms with Crippen LogP contribution in [-0.2, 0) is 0 Å². The summed E-state index contributed by atoms with van der Waals surface area (Å²) in [7, 11) is 0. The van der Waals surface area contributed by atoms with Crippen LogP contribution in [0.2, 0.25) is 0 Å². The molecule has 0 saturated carbocycles. The highest BCUT2D eigenvalue weighted by Gasteiger charge is 2.27. The summed E-state index contributed by atoms with van der Waals surface area (Å²) in [6.07, 6.45) is 6.92. The summed E-state index contributed by atoms with van der Waals surface area (Å²) in [5.74, 6) is 1.01. The van der Waals surface area contributed by atoms with E-state index in [4.69, 9.17) is 0 Å². The maximum absolute atomic E-state index is 3.53. The van der Waals surface area contributed by atoms with Crippen molar-refractivity contribution in [2.24, 2.45) is 11.3 Å². The van der Waals surface area contributed by atoms with Crippen LogP contribution in [0.15, 0.2) is 0 Å². The van der Waals surface area contributed by atoms with Gasteiger partial charge in [-0.25, -0.2) is 0 Å². The Kier molecular flexibility index (Phi) is 7.25. The molecule has 0 radical (unpaired) electrons. The van der Waals surface area contributed by atoms with Gasteiger partial charge in [0.05, 0.1) is 0 Å². The fourth-order valence-electron chi connectivity index (χ4n) is 3.10. The molecule has 1 aliphatic heterocycles. The average Bonchev–Trinajstić information content (AvgIpc) is 2.39. The fourth-order valence-corrected chi connectivity index (χ4v) is 3.10. The minimum Gasteiger partial charge on any atom is -0.316 e. The molecule has 0 bridgehead atoms. The topological polar surface area (TPSA) is 15.3 Å². The van der Waals surface area contributed by atoms with Gasteiger partial charge in [0, 0.05) is 13.1 Å². The zero-order valence-electron chi connectivity index (χ0n) is 13.1. The van der Waals surface area contributed by atoms with Crippen LogP contribution < -0.4 is 5.32 Å². The SMILES string of the molecule is CCCC1CCN(CC(C)(CC)CNCC)CC1. The van der Waals surface area contributed by atoms with Crippen LogP contribution in [0.5, 0.6) is 0 Å². The predicted octanol–water partition coefficient (Wildman–Crippen LogP) is 3.52. The zero-order valence-corrected chi connectivity index (χ0v) is 13.1. The van der Waals surface area contributed by atoms with Crippen LogP contribution in [0, 0.1) is 11.3 Å². The first-order chi connectivity index (χ1) is 8.63. The molecule has 1 aliphatic rings. The summed E-state index contributed by atoms with van der Waals surface area (Å²) in [4.78, 5) is 2.70. The predicted molar refractivity (Wildman–Crippen MR) is 81.0 cm³/mol. The first-order valence-corrected chi connectivity index (χ1v) is 8.06. The minimum absolute atomic E-state index is 0.452. The van der Waals surface area contributed by atoms with Crippen LogP contribution in [0.3, 0.4) is 0 Å². The number of hydrogen-bond acceptors (Lipinski definition) is 2. The van der Waals surface area contributed by atoms with Gasteiger partial charge in [0.1, 0.15) is 0 Å². The normalized spacial score (nSPS) is 22.0. The van der Waals surface area contributed by atoms with E-state index < -0.39 is 0 Å². The van der Waals surface area contributed by atoms with Gasteiger partial charge in [-0.15, -0.1) is 0 Å². The molecule has 0 aromatic rings. The number of rotatable bonds is 8. The molecule has 2 heteroatoms. The van der Waals surface area contributed by atoms with E-state index in [-0.39, 0.29) is 0 Å². The molecule has 1 rings (SSSR count). The molecule has 1 saturated heterocycles. The highest BCUT2D eigenvalue weighted by atomic mass is 15.1. The smallest absolute Gasteiger partial charge is 0.00474 e. The number of nitrogens with zero attached hydrogens (tertiary/aromatic N) is 1. The number of nitrogens with one attached hydrogen (secondary N) is 1. The quantitative estimate of drug-likeness (QED) is 0.713. The van der Waals surface area contributed by atoms with E-state index in [2.05, 4.69) is 37.9 Å². The fraction of sp³-hybridized carbons (Fsp3) is 1.00. The van der Waals surface area contributed by atoms with E-state index >= 15 is 0 Å². The molecule has 18 heavy (non-hydrogen) atoms. The summed E-state index contributed by atoms with van der Waals surface area (Å²) in [6, 6.07) is 0. The van der Waals surface area contributed by atoms with Crippen molar-refractivity contribution < 1.29 is 0 Å². The van der Waals surface area contributed by atoms with E-state index in [1.54, 1.807) is 0 Å². The first kappa shape index (κ1) is 16.0. The molecule has 0 amide bonds. The van der Waals surface area contributed by atoms with E-state index in [1.165, 1.54) is 51.7 Å². The van der Waals surface area contributed by atoms with Crippen molar-refractivity contribution in [1.29, 1.82) is 0 Å². The van der Waals surface area contributed by atoms with Gasteiger partial charge in [-0.1, -0.05) is 40.5 Å². The molecule has 1 unspecified atom stereocenters. The van der Waals surface area contributed by atoms with E-state index in [9.17, 15) is 0 Å².